The Morgan fingerprint density at radius 3 is 2.55 bits per heavy atom. The summed E-state index contributed by atoms with van der Waals surface area (Å²) < 4.78 is 5.86. The molecule has 5 heteroatoms. The van der Waals surface area contributed by atoms with E-state index in [0.717, 1.165) is 35.4 Å². The molecule has 29 heavy (non-hydrogen) atoms. The van der Waals surface area contributed by atoms with Crippen LogP contribution in [0.5, 0.6) is 5.75 Å². The average molecular weight is 385 g/mol. The van der Waals surface area contributed by atoms with E-state index in [1.54, 1.807) is 4.90 Å². The van der Waals surface area contributed by atoms with E-state index in [-0.39, 0.29) is 5.78 Å². The molecule has 146 valence electrons. The van der Waals surface area contributed by atoms with Crippen molar-refractivity contribution in [2.75, 3.05) is 7.05 Å². The van der Waals surface area contributed by atoms with Crippen molar-refractivity contribution in [1.29, 1.82) is 5.26 Å². The first kappa shape index (κ1) is 18.8. The van der Waals surface area contributed by atoms with Gasteiger partial charge >= 0.3 is 0 Å². The van der Waals surface area contributed by atoms with Gasteiger partial charge in [-0.15, -0.1) is 0 Å². The summed E-state index contributed by atoms with van der Waals surface area (Å²) in [5, 5.41) is 9.78. The number of nitrogens with two attached hydrogens (primary N) is 1. The number of allylic oxidation sites excluding steroid dienone is 3. The predicted octanol–water partition coefficient (Wildman–Crippen LogP) is 4.00. The highest BCUT2D eigenvalue weighted by Crippen LogP contribution is 2.44. The molecule has 0 saturated carbocycles. The number of ether oxygens (including phenoxy) is 1. The maximum Gasteiger partial charge on any atom is 0.161 e. The van der Waals surface area contributed by atoms with Gasteiger partial charge < -0.3 is 15.4 Å². The van der Waals surface area contributed by atoms with Crippen molar-refractivity contribution in [2.45, 2.75) is 31.8 Å². The lowest BCUT2D eigenvalue weighted by atomic mass is 9.76. The summed E-state index contributed by atoms with van der Waals surface area (Å²) >= 11 is 0. The van der Waals surface area contributed by atoms with Crippen molar-refractivity contribution in [2.24, 2.45) is 5.73 Å². The van der Waals surface area contributed by atoms with Crippen molar-refractivity contribution >= 4 is 5.78 Å². The number of hydrogen-bond acceptors (Lipinski definition) is 5. The standard InChI is InChI=1S/C24H23N3O2/c1-27-20-8-5-9-21(28)23(20)22(19(14-25)24(27)26)17-10-12-18(13-11-17)29-15-16-6-3-2-4-7-16/h2-4,6-7,10-13,22H,5,8-9,15,26H2,1H3/t22-/m0/s1. The van der Waals surface area contributed by atoms with Crippen molar-refractivity contribution in [1.82, 2.24) is 4.90 Å². The fourth-order valence-electron chi connectivity index (χ4n) is 4.09. The highest BCUT2D eigenvalue weighted by molar-refractivity contribution is 5.99. The number of benzene rings is 2. The lowest BCUT2D eigenvalue weighted by Gasteiger charge is -2.37. The Morgan fingerprint density at radius 2 is 1.86 bits per heavy atom. The molecule has 2 N–H and O–H groups in total. The Labute approximate surface area is 170 Å². The molecule has 1 aliphatic carbocycles. The quantitative estimate of drug-likeness (QED) is 0.861. The van der Waals surface area contributed by atoms with Crippen molar-refractivity contribution in [3.63, 3.8) is 0 Å². The molecule has 0 fully saturated rings. The number of nitrogens with zero attached hydrogens (tertiary/aromatic N) is 2. The molecule has 1 atom stereocenters. The zero-order valence-corrected chi connectivity index (χ0v) is 16.4. The van der Waals surface area contributed by atoms with Crippen LogP contribution in [0.4, 0.5) is 0 Å². The predicted molar refractivity (Wildman–Crippen MR) is 110 cm³/mol. The van der Waals surface area contributed by atoms with Gasteiger partial charge in [0.15, 0.2) is 5.78 Å². The first-order valence-electron chi connectivity index (χ1n) is 9.76. The second kappa shape index (κ2) is 7.84. The van der Waals surface area contributed by atoms with Crippen LogP contribution in [0.25, 0.3) is 0 Å². The average Bonchev–Trinajstić information content (AvgIpc) is 2.76. The van der Waals surface area contributed by atoms with Crippen LogP contribution in [0, 0.1) is 11.3 Å². The summed E-state index contributed by atoms with van der Waals surface area (Å²) in [6.07, 6.45) is 2.13. The zero-order valence-electron chi connectivity index (χ0n) is 16.4. The van der Waals surface area contributed by atoms with Gasteiger partial charge in [-0.05, 0) is 36.1 Å². The molecular weight excluding hydrogens is 362 g/mol. The Bertz CT molecular complexity index is 1030. The Morgan fingerprint density at radius 1 is 1.14 bits per heavy atom. The van der Waals surface area contributed by atoms with Gasteiger partial charge in [-0.2, -0.15) is 5.26 Å². The SMILES string of the molecule is CN1C(N)=C(C#N)[C@H](c2ccc(OCc3ccccc3)cc2)C2=C1CCCC2=O. The fraction of sp³-hybridized carbons (Fsp3) is 0.250. The van der Waals surface area contributed by atoms with Crippen LogP contribution in [0.15, 0.2) is 77.3 Å². The van der Waals surface area contributed by atoms with Gasteiger partial charge in [-0.25, -0.2) is 0 Å². The van der Waals surface area contributed by atoms with Gasteiger partial charge in [0.2, 0.25) is 0 Å². The molecule has 0 spiro atoms. The van der Waals surface area contributed by atoms with E-state index in [9.17, 15) is 10.1 Å². The zero-order chi connectivity index (χ0) is 20.4. The number of ketones is 1. The van der Waals surface area contributed by atoms with E-state index in [4.69, 9.17) is 10.5 Å². The second-order valence-electron chi connectivity index (χ2n) is 7.38. The van der Waals surface area contributed by atoms with Crippen LogP contribution >= 0.6 is 0 Å². The second-order valence-corrected chi connectivity index (χ2v) is 7.38. The fourth-order valence-corrected chi connectivity index (χ4v) is 4.09. The van der Waals surface area contributed by atoms with Crippen molar-refractivity contribution < 1.29 is 9.53 Å². The van der Waals surface area contributed by atoms with Gasteiger partial charge in [0.1, 0.15) is 18.2 Å². The van der Waals surface area contributed by atoms with E-state index in [0.29, 0.717) is 30.0 Å². The molecule has 0 unspecified atom stereocenters. The minimum Gasteiger partial charge on any atom is -0.489 e. The van der Waals surface area contributed by atoms with Crippen molar-refractivity contribution in [3.8, 4) is 11.8 Å². The number of nitriles is 1. The molecule has 4 rings (SSSR count). The number of rotatable bonds is 4. The highest BCUT2D eigenvalue weighted by Gasteiger charge is 2.38. The third-order valence-corrected chi connectivity index (χ3v) is 5.63. The van der Waals surface area contributed by atoms with E-state index in [1.807, 2.05) is 61.6 Å². The number of carbonyl (C=O) groups is 1. The van der Waals surface area contributed by atoms with E-state index < -0.39 is 5.92 Å². The molecule has 0 amide bonds. The lowest BCUT2D eigenvalue weighted by molar-refractivity contribution is -0.116. The Balaban J connectivity index is 1.64. The van der Waals surface area contributed by atoms with Crippen molar-refractivity contribution in [3.05, 3.63) is 88.4 Å². The number of Topliss-reactive ketones (excluding diaryl/α,β-unsaturated/α-hetero) is 1. The van der Waals surface area contributed by atoms with Gasteiger partial charge in [0.05, 0.1) is 17.6 Å². The minimum absolute atomic E-state index is 0.104. The van der Waals surface area contributed by atoms with Crippen LogP contribution in [-0.2, 0) is 11.4 Å². The largest absolute Gasteiger partial charge is 0.489 e. The normalized spacial score (nSPS) is 19.1. The molecule has 1 heterocycles. The molecule has 0 aromatic heterocycles. The van der Waals surface area contributed by atoms with Gasteiger partial charge in [0, 0.05) is 24.7 Å². The molecule has 2 aromatic rings. The van der Waals surface area contributed by atoms with Crippen LogP contribution in [0.3, 0.4) is 0 Å². The van der Waals surface area contributed by atoms with Crippen LogP contribution in [0.2, 0.25) is 0 Å². The highest BCUT2D eigenvalue weighted by atomic mass is 16.5. The smallest absolute Gasteiger partial charge is 0.161 e. The summed E-state index contributed by atoms with van der Waals surface area (Å²) in [5.41, 5.74) is 10.3. The van der Waals surface area contributed by atoms with Gasteiger partial charge in [-0.3, -0.25) is 4.79 Å². The molecule has 0 bridgehead atoms. The first-order valence-corrected chi connectivity index (χ1v) is 9.76. The molecule has 2 aliphatic rings. The topological polar surface area (TPSA) is 79.3 Å². The van der Waals surface area contributed by atoms with Crippen LogP contribution < -0.4 is 10.5 Å². The number of hydrogen-bond donors (Lipinski definition) is 1. The molecular formula is C24H23N3O2. The van der Waals surface area contributed by atoms with Gasteiger partial charge in [0.25, 0.3) is 0 Å². The minimum atomic E-state index is -0.415. The van der Waals surface area contributed by atoms with E-state index in [2.05, 4.69) is 6.07 Å². The molecule has 2 aromatic carbocycles. The Kier molecular flexibility index (Phi) is 5.09. The molecule has 1 aliphatic heterocycles. The maximum atomic E-state index is 12.8. The monoisotopic (exact) mass is 385 g/mol. The van der Waals surface area contributed by atoms with E-state index >= 15 is 0 Å². The molecule has 0 radical (unpaired) electrons. The third kappa shape index (κ3) is 3.50. The summed E-state index contributed by atoms with van der Waals surface area (Å²) in [7, 11) is 1.83. The first-order chi connectivity index (χ1) is 14.1. The number of carbonyl (C=O) groups excluding carboxylic acids is 1. The third-order valence-electron chi connectivity index (χ3n) is 5.63. The van der Waals surface area contributed by atoms with Crippen LogP contribution in [-0.4, -0.2) is 17.7 Å². The lowest BCUT2D eigenvalue weighted by Crippen LogP contribution is -2.36. The molecule has 0 saturated heterocycles. The summed E-state index contributed by atoms with van der Waals surface area (Å²) in [6, 6.07) is 19.8. The molecule has 5 nitrogen and oxygen atoms in total. The summed E-state index contributed by atoms with van der Waals surface area (Å²) in [4.78, 5) is 14.6. The Hall–Kier alpha value is -3.52. The van der Waals surface area contributed by atoms with Crippen LogP contribution in [0.1, 0.15) is 36.3 Å². The summed E-state index contributed by atoms with van der Waals surface area (Å²) in [5.74, 6) is 0.857. The van der Waals surface area contributed by atoms with Gasteiger partial charge in [-0.1, -0.05) is 42.5 Å². The van der Waals surface area contributed by atoms with E-state index in [1.165, 1.54) is 0 Å². The maximum absolute atomic E-state index is 12.8. The summed E-state index contributed by atoms with van der Waals surface area (Å²) in [6.45, 7) is 0.485.